The van der Waals surface area contributed by atoms with Gasteiger partial charge in [0, 0.05) is 52.1 Å². The van der Waals surface area contributed by atoms with Crippen LogP contribution in [0.2, 0.25) is 0 Å². The molecule has 2 aliphatic rings. The van der Waals surface area contributed by atoms with Crippen molar-refractivity contribution in [1.29, 1.82) is 0 Å². The molecule has 2 fully saturated rings. The number of likely N-dealkylation sites (tertiary alicyclic amines) is 1. The van der Waals surface area contributed by atoms with Crippen LogP contribution >= 0.6 is 0 Å². The third-order valence-corrected chi connectivity index (χ3v) is 7.35. The minimum atomic E-state index is -3.46. The highest BCUT2D eigenvalue weighted by Gasteiger charge is 2.47. The van der Waals surface area contributed by atoms with Crippen LogP contribution in [-0.2, 0) is 16.8 Å². The van der Waals surface area contributed by atoms with Crippen LogP contribution in [0.25, 0.3) is 0 Å². The fourth-order valence-electron chi connectivity index (χ4n) is 3.68. The normalized spacial score (nSPS) is 28.7. The molecule has 1 aromatic rings. The molecule has 3 rings (SSSR count). The standard InChI is InChI=1S/C16H29N5O4S/c1-12(2)15-18-17-14(25-15)11-20-7-5-16(22)6-8-21(10-13(16)9-20)26(23,24)19(3)4/h12-13,22H,5-11H2,1-4H3/t13-,16-/m1/s1. The van der Waals surface area contributed by atoms with Crippen molar-refractivity contribution < 1.29 is 17.9 Å². The highest BCUT2D eigenvalue weighted by molar-refractivity contribution is 7.86. The molecule has 26 heavy (non-hydrogen) atoms. The first kappa shape index (κ1) is 19.7. The lowest BCUT2D eigenvalue weighted by Gasteiger charge is -2.49. The SMILES string of the molecule is CC(C)c1nnc(CN2CC[C@@]3(O)CCN(S(=O)(=O)N(C)C)C[C@H]3C2)o1. The first-order valence-electron chi connectivity index (χ1n) is 9.06. The van der Waals surface area contributed by atoms with E-state index in [1.165, 1.54) is 22.7 Å². The van der Waals surface area contributed by atoms with Gasteiger partial charge < -0.3 is 9.52 Å². The Balaban J connectivity index is 1.68. The summed E-state index contributed by atoms with van der Waals surface area (Å²) >= 11 is 0. The van der Waals surface area contributed by atoms with Gasteiger partial charge in [-0.15, -0.1) is 10.2 Å². The van der Waals surface area contributed by atoms with E-state index in [1.54, 1.807) is 0 Å². The number of aliphatic hydroxyl groups is 1. The quantitative estimate of drug-likeness (QED) is 0.773. The van der Waals surface area contributed by atoms with Crippen LogP contribution < -0.4 is 0 Å². The molecule has 2 atom stereocenters. The average Bonchev–Trinajstić information content (AvgIpc) is 3.03. The Hall–Kier alpha value is -1.07. The summed E-state index contributed by atoms with van der Waals surface area (Å²) in [5.74, 6) is 1.24. The van der Waals surface area contributed by atoms with E-state index in [0.29, 0.717) is 50.8 Å². The van der Waals surface area contributed by atoms with Gasteiger partial charge in [0.2, 0.25) is 11.8 Å². The zero-order valence-electron chi connectivity index (χ0n) is 15.9. The van der Waals surface area contributed by atoms with Crippen molar-refractivity contribution in [2.24, 2.45) is 5.92 Å². The van der Waals surface area contributed by atoms with E-state index in [9.17, 15) is 13.5 Å². The molecule has 0 unspecified atom stereocenters. The maximum atomic E-state index is 12.4. The van der Waals surface area contributed by atoms with Crippen LogP contribution in [0.15, 0.2) is 4.42 Å². The van der Waals surface area contributed by atoms with Crippen molar-refractivity contribution in [3.8, 4) is 0 Å². The largest absolute Gasteiger partial charge is 0.424 e. The number of aromatic nitrogens is 2. The number of hydrogen-bond donors (Lipinski definition) is 1. The lowest BCUT2D eigenvalue weighted by Crippen LogP contribution is -2.61. The molecule has 0 spiro atoms. The van der Waals surface area contributed by atoms with Crippen molar-refractivity contribution in [3.05, 3.63) is 11.8 Å². The second kappa shape index (κ2) is 7.16. The van der Waals surface area contributed by atoms with Crippen molar-refractivity contribution in [2.45, 2.75) is 44.8 Å². The molecular weight excluding hydrogens is 358 g/mol. The van der Waals surface area contributed by atoms with Crippen LogP contribution in [0.3, 0.4) is 0 Å². The molecule has 148 valence electrons. The summed E-state index contributed by atoms with van der Waals surface area (Å²) in [7, 11) is -0.398. The predicted octanol–water partition coefficient (Wildman–Crippen LogP) is 0.258. The molecule has 1 N–H and O–H groups in total. The van der Waals surface area contributed by atoms with Gasteiger partial charge in [-0.25, -0.2) is 0 Å². The second-order valence-corrected chi connectivity index (χ2v) is 10.0. The van der Waals surface area contributed by atoms with E-state index in [2.05, 4.69) is 15.1 Å². The Kier molecular flexibility index (Phi) is 5.42. The maximum absolute atomic E-state index is 12.4. The molecule has 2 aliphatic heterocycles. The molecule has 10 heteroatoms. The van der Waals surface area contributed by atoms with Gasteiger partial charge in [0.05, 0.1) is 12.1 Å². The van der Waals surface area contributed by atoms with Crippen molar-refractivity contribution in [1.82, 2.24) is 23.7 Å². The zero-order chi connectivity index (χ0) is 19.1. The summed E-state index contributed by atoms with van der Waals surface area (Å²) in [4.78, 5) is 2.16. The first-order chi connectivity index (χ1) is 12.1. The Morgan fingerprint density at radius 3 is 2.58 bits per heavy atom. The zero-order valence-corrected chi connectivity index (χ0v) is 16.7. The first-order valence-corrected chi connectivity index (χ1v) is 10.5. The predicted molar refractivity (Wildman–Crippen MR) is 95.5 cm³/mol. The number of fused-ring (bicyclic) bond motifs is 1. The van der Waals surface area contributed by atoms with Crippen LogP contribution in [-0.4, -0.2) is 83.1 Å². The Labute approximate surface area is 155 Å². The summed E-state index contributed by atoms with van der Waals surface area (Å²) < 4.78 is 33.2. The molecular formula is C16H29N5O4S. The van der Waals surface area contributed by atoms with E-state index in [0.717, 1.165) is 6.54 Å². The molecule has 0 aliphatic carbocycles. The summed E-state index contributed by atoms with van der Waals surface area (Å²) in [5, 5.41) is 19.1. The summed E-state index contributed by atoms with van der Waals surface area (Å²) in [5.41, 5.74) is -0.799. The van der Waals surface area contributed by atoms with Gasteiger partial charge in [-0.3, -0.25) is 4.90 Å². The van der Waals surface area contributed by atoms with Gasteiger partial charge >= 0.3 is 0 Å². The third kappa shape index (κ3) is 3.79. The molecule has 9 nitrogen and oxygen atoms in total. The third-order valence-electron chi connectivity index (χ3n) is 5.44. The highest BCUT2D eigenvalue weighted by Crippen LogP contribution is 2.36. The van der Waals surface area contributed by atoms with Crippen LogP contribution in [0.1, 0.15) is 44.4 Å². The van der Waals surface area contributed by atoms with Crippen molar-refractivity contribution in [2.75, 3.05) is 40.3 Å². The lowest BCUT2D eigenvalue weighted by molar-refractivity contribution is -0.104. The molecule has 0 radical (unpaired) electrons. The van der Waals surface area contributed by atoms with Crippen molar-refractivity contribution >= 4 is 10.2 Å². The van der Waals surface area contributed by atoms with Gasteiger partial charge in [0.15, 0.2) is 0 Å². The van der Waals surface area contributed by atoms with Crippen LogP contribution in [0.5, 0.6) is 0 Å². The monoisotopic (exact) mass is 387 g/mol. The lowest BCUT2D eigenvalue weighted by atomic mass is 9.76. The summed E-state index contributed by atoms with van der Waals surface area (Å²) in [6, 6.07) is 0. The van der Waals surface area contributed by atoms with E-state index in [1.807, 2.05) is 13.8 Å². The van der Waals surface area contributed by atoms with Crippen molar-refractivity contribution in [3.63, 3.8) is 0 Å². The smallest absolute Gasteiger partial charge is 0.281 e. The van der Waals surface area contributed by atoms with E-state index >= 15 is 0 Å². The van der Waals surface area contributed by atoms with Gasteiger partial charge in [-0.1, -0.05) is 13.8 Å². The molecule has 0 bridgehead atoms. The van der Waals surface area contributed by atoms with E-state index in [4.69, 9.17) is 4.42 Å². The Morgan fingerprint density at radius 1 is 1.27 bits per heavy atom. The van der Waals surface area contributed by atoms with Crippen LogP contribution in [0.4, 0.5) is 0 Å². The highest BCUT2D eigenvalue weighted by atomic mass is 32.2. The molecule has 0 amide bonds. The van der Waals surface area contributed by atoms with Gasteiger partial charge in [-0.2, -0.15) is 17.0 Å². The Bertz CT molecular complexity index is 735. The minimum absolute atomic E-state index is 0.132. The second-order valence-electron chi connectivity index (χ2n) is 7.87. The van der Waals surface area contributed by atoms with Gasteiger partial charge in [0.25, 0.3) is 10.2 Å². The number of piperidine rings is 2. The molecule has 0 aromatic carbocycles. The average molecular weight is 388 g/mol. The number of nitrogens with zero attached hydrogens (tertiary/aromatic N) is 5. The van der Waals surface area contributed by atoms with Crippen LogP contribution in [0, 0.1) is 5.92 Å². The Morgan fingerprint density at radius 2 is 1.96 bits per heavy atom. The molecule has 1 aromatic heterocycles. The minimum Gasteiger partial charge on any atom is -0.424 e. The van der Waals surface area contributed by atoms with E-state index in [-0.39, 0.29) is 11.8 Å². The molecule has 2 saturated heterocycles. The summed E-state index contributed by atoms with van der Waals surface area (Å²) in [6.07, 6.45) is 1.09. The maximum Gasteiger partial charge on any atom is 0.281 e. The number of rotatable bonds is 5. The topological polar surface area (TPSA) is 103 Å². The van der Waals surface area contributed by atoms with E-state index < -0.39 is 15.8 Å². The summed E-state index contributed by atoms with van der Waals surface area (Å²) in [6.45, 7) is 6.54. The van der Waals surface area contributed by atoms with Gasteiger partial charge in [0.1, 0.15) is 0 Å². The fraction of sp³-hybridized carbons (Fsp3) is 0.875. The van der Waals surface area contributed by atoms with Gasteiger partial charge in [-0.05, 0) is 12.8 Å². The fourth-order valence-corrected chi connectivity index (χ4v) is 4.83. The molecule has 3 heterocycles. The number of hydrogen-bond acceptors (Lipinski definition) is 7. The molecule has 0 saturated carbocycles.